The maximum atomic E-state index is 6.16. The topological polar surface area (TPSA) is 21.8 Å². The minimum absolute atomic E-state index is 0.244. The predicted molar refractivity (Wildman–Crippen MR) is 52.2 cm³/mol. The van der Waals surface area contributed by atoms with Gasteiger partial charge >= 0.3 is 0 Å². The highest BCUT2D eigenvalue weighted by molar-refractivity contribution is 6.21. The fourth-order valence-corrected chi connectivity index (χ4v) is 2.18. The molecule has 0 aromatic heterocycles. The van der Waals surface area contributed by atoms with Crippen LogP contribution in [0.5, 0.6) is 0 Å². The molecule has 0 amide bonds. The van der Waals surface area contributed by atoms with E-state index in [4.69, 9.17) is 21.1 Å². The van der Waals surface area contributed by atoms with E-state index in [1.54, 1.807) is 0 Å². The molecule has 3 atom stereocenters. The molecule has 2 aliphatic rings. The van der Waals surface area contributed by atoms with Gasteiger partial charge in [-0.25, -0.2) is 0 Å². The Labute approximate surface area is 84.5 Å². The zero-order chi connectivity index (χ0) is 9.10. The molecule has 2 nitrogen and oxygen atoms in total. The predicted octanol–water partition coefficient (Wildman–Crippen LogP) is 2.34. The van der Waals surface area contributed by atoms with E-state index in [2.05, 4.69) is 0 Å². The van der Waals surface area contributed by atoms with E-state index in [-0.39, 0.29) is 5.38 Å². The van der Waals surface area contributed by atoms with Crippen LogP contribution >= 0.6 is 11.6 Å². The van der Waals surface area contributed by atoms with Crippen LogP contribution in [0.15, 0.2) is 0 Å². The van der Waals surface area contributed by atoms with Crippen LogP contribution in [0, 0.1) is 0 Å². The molecule has 1 saturated carbocycles. The third-order valence-electron chi connectivity index (χ3n) is 2.80. The molecule has 1 aliphatic heterocycles. The minimum Gasteiger partial charge on any atom is -0.377 e. The SMILES string of the molecule is ClC1CCCCC1OCCC1CO1. The molecule has 13 heavy (non-hydrogen) atoms. The first-order valence-electron chi connectivity index (χ1n) is 5.23. The average Bonchev–Trinajstić information content (AvgIpc) is 2.92. The van der Waals surface area contributed by atoms with Gasteiger partial charge in [0.2, 0.25) is 0 Å². The molecule has 1 aliphatic carbocycles. The summed E-state index contributed by atoms with van der Waals surface area (Å²) in [5, 5.41) is 0.244. The van der Waals surface area contributed by atoms with Crippen molar-refractivity contribution in [1.82, 2.24) is 0 Å². The van der Waals surface area contributed by atoms with Crippen molar-refractivity contribution in [2.75, 3.05) is 13.2 Å². The van der Waals surface area contributed by atoms with Gasteiger partial charge in [0.15, 0.2) is 0 Å². The number of ether oxygens (including phenoxy) is 2. The van der Waals surface area contributed by atoms with E-state index in [9.17, 15) is 0 Å². The van der Waals surface area contributed by atoms with Crippen LogP contribution in [0.2, 0.25) is 0 Å². The van der Waals surface area contributed by atoms with Gasteiger partial charge in [0.05, 0.1) is 24.2 Å². The van der Waals surface area contributed by atoms with Gasteiger partial charge in [-0.1, -0.05) is 12.8 Å². The lowest BCUT2D eigenvalue weighted by Crippen LogP contribution is -2.28. The zero-order valence-electron chi connectivity index (χ0n) is 7.88. The zero-order valence-corrected chi connectivity index (χ0v) is 8.63. The second kappa shape index (κ2) is 4.63. The maximum Gasteiger partial charge on any atom is 0.0831 e. The molecular formula is C10H17ClO2. The number of hydrogen-bond donors (Lipinski definition) is 0. The van der Waals surface area contributed by atoms with E-state index in [1.165, 1.54) is 12.8 Å². The van der Waals surface area contributed by atoms with Crippen molar-refractivity contribution < 1.29 is 9.47 Å². The first kappa shape index (κ1) is 9.75. The van der Waals surface area contributed by atoms with Crippen molar-refractivity contribution >= 4 is 11.6 Å². The lowest BCUT2D eigenvalue weighted by Gasteiger charge is -2.26. The Morgan fingerprint density at radius 1 is 1.31 bits per heavy atom. The summed E-state index contributed by atoms with van der Waals surface area (Å²) in [6.07, 6.45) is 6.62. The number of hydrogen-bond acceptors (Lipinski definition) is 2. The van der Waals surface area contributed by atoms with Crippen molar-refractivity contribution in [3.05, 3.63) is 0 Å². The van der Waals surface area contributed by atoms with Gasteiger partial charge in [-0.2, -0.15) is 0 Å². The minimum atomic E-state index is 0.244. The monoisotopic (exact) mass is 204 g/mol. The quantitative estimate of drug-likeness (QED) is 0.518. The largest absolute Gasteiger partial charge is 0.377 e. The number of alkyl halides is 1. The first-order chi connectivity index (χ1) is 6.36. The van der Waals surface area contributed by atoms with Crippen molar-refractivity contribution in [3.8, 4) is 0 Å². The summed E-state index contributed by atoms with van der Waals surface area (Å²) in [5.41, 5.74) is 0. The van der Waals surface area contributed by atoms with E-state index >= 15 is 0 Å². The molecule has 3 heteroatoms. The van der Waals surface area contributed by atoms with Gasteiger partial charge < -0.3 is 9.47 Å². The van der Waals surface area contributed by atoms with E-state index < -0.39 is 0 Å². The Balaban J connectivity index is 1.60. The molecule has 0 N–H and O–H groups in total. The van der Waals surface area contributed by atoms with Gasteiger partial charge in [0, 0.05) is 6.61 Å². The molecule has 1 heterocycles. The summed E-state index contributed by atoms with van der Waals surface area (Å²) in [4.78, 5) is 0. The van der Waals surface area contributed by atoms with E-state index in [1.807, 2.05) is 0 Å². The average molecular weight is 205 g/mol. The molecule has 1 saturated heterocycles. The first-order valence-corrected chi connectivity index (χ1v) is 5.67. The fraction of sp³-hybridized carbons (Fsp3) is 1.00. The van der Waals surface area contributed by atoms with Gasteiger partial charge in [-0.05, 0) is 19.3 Å². The van der Waals surface area contributed by atoms with Gasteiger partial charge in [0.1, 0.15) is 0 Å². The molecule has 3 unspecified atom stereocenters. The normalized spacial score (nSPS) is 39.0. The standard InChI is InChI=1S/C10H17ClO2/c11-9-3-1-2-4-10(9)12-6-5-8-7-13-8/h8-10H,1-7H2. The van der Waals surface area contributed by atoms with Crippen LogP contribution < -0.4 is 0 Å². The molecule has 2 fully saturated rings. The second-order valence-corrected chi connectivity index (χ2v) is 4.51. The van der Waals surface area contributed by atoms with Crippen molar-refractivity contribution in [2.24, 2.45) is 0 Å². The molecule has 76 valence electrons. The lowest BCUT2D eigenvalue weighted by molar-refractivity contribution is 0.0275. The number of epoxide rings is 1. The summed E-state index contributed by atoms with van der Waals surface area (Å²) in [5.74, 6) is 0. The highest BCUT2D eigenvalue weighted by Gasteiger charge is 2.26. The Kier molecular flexibility index (Phi) is 3.47. The maximum absolute atomic E-state index is 6.16. The van der Waals surface area contributed by atoms with Crippen molar-refractivity contribution in [3.63, 3.8) is 0 Å². The van der Waals surface area contributed by atoms with Crippen molar-refractivity contribution in [1.29, 1.82) is 0 Å². The van der Waals surface area contributed by atoms with E-state index in [0.717, 1.165) is 32.5 Å². The Morgan fingerprint density at radius 3 is 2.77 bits per heavy atom. The van der Waals surface area contributed by atoms with E-state index in [0.29, 0.717) is 12.2 Å². The van der Waals surface area contributed by atoms with Gasteiger partial charge in [-0.15, -0.1) is 11.6 Å². The van der Waals surface area contributed by atoms with Crippen LogP contribution in [0.4, 0.5) is 0 Å². The highest BCUT2D eigenvalue weighted by Crippen LogP contribution is 2.26. The van der Waals surface area contributed by atoms with Gasteiger partial charge in [0.25, 0.3) is 0 Å². The Bertz CT molecular complexity index is 159. The Hall–Kier alpha value is 0.210. The Morgan fingerprint density at radius 2 is 2.08 bits per heavy atom. The van der Waals surface area contributed by atoms with Crippen LogP contribution in [0.3, 0.4) is 0 Å². The molecule has 0 spiro atoms. The second-order valence-electron chi connectivity index (χ2n) is 3.95. The summed E-state index contributed by atoms with van der Waals surface area (Å²) >= 11 is 6.16. The molecule has 0 bridgehead atoms. The third kappa shape index (κ3) is 3.12. The summed E-state index contributed by atoms with van der Waals surface area (Å²) in [6, 6.07) is 0. The van der Waals surface area contributed by atoms with Crippen LogP contribution in [0.25, 0.3) is 0 Å². The molecular weight excluding hydrogens is 188 g/mol. The smallest absolute Gasteiger partial charge is 0.0831 e. The van der Waals surface area contributed by atoms with Crippen LogP contribution in [-0.4, -0.2) is 30.8 Å². The fourth-order valence-electron chi connectivity index (χ4n) is 1.82. The highest BCUT2D eigenvalue weighted by atomic mass is 35.5. The third-order valence-corrected chi connectivity index (χ3v) is 3.30. The van der Waals surface area contributed by atoms with Crippen molar-refractivity contribution in [2.45, 2.75) is 49.7 Å². The number of halogens is 1. The summed E-state index contributed by atoms with van der Waals surface area (Å²) in [7, 11) is 0. The number of rotatable bonds is 4. The molecule has 2 rings (SSSR count). The van der Waals surface area contributed by atoms with Crippen LogP contribution in [-0.2, 0) is 9.47 Å². The molecule has 0 aromatic carbocycles. The lowest BCUT2D eigenvalue weighted by atomic mass is 9.97. The summed E-state index contributed by atoms with van der Waals surface area (Å²) in [6.45, 7) is 1.75. The van der Waals surface area contributed by atoms with Crippen LogP contribution in [0.1, 0.15) is 32.1 Å². The molecule has 0 aromatic rings. The van der Waals surface area contributed by atoms with Gasteiger partial charge in [-0.3, -0.25) is 0 Å². The molecule has 0 radical (unpaired) electrons. The summed E-state index contributed by atoms with van der Waals surface area (Å²) < 4.78 is 10.8.